The fourth-order valence-corrected chi connectivity index (χ4v) is 2.69. The highest BCUT2D eigenvalue weighted by Crippen LogP contribution is 2.32. The Bertz CT molecular complexity index is 552. The molecule has 0 aliphatic carbocycles. The summed E-state index contributed by atoms with van der Waals surface area (Å²) in [5.74, 6) is 0.483. The minimum atomic E-state index is 0.230. The molecular formula is C12H17N5O. The quantitative estimate of drug-likeness (QED) is 0.640. The minimum absolute atomic E-state index is 0.230. The van der Waals surface area contributed by atoms with E-state index in [0.717, 1.165) is 35.9 Å². The van der Waals surface area contributed by atoms with Gasteiger partial charge in [0.05, 0.1) is 5.52 Å². The van der Waals surface area contributed by atoms with Crippen molar-refractivity contribution in [2.45, 2.75) is 31.3 Å². The maximum atomic E-state index is 8.97. The molecule has 18 heavy (non-hydrogen) atoms. The van der Waals surface area contributed by atoms with Crippen LogP contribution in [0, 0.1) is 0 Å². The molecular weight excluding hydrogens is 230 g/mol. The van der Waals surface area contributed by atoms with Crippen molar-refractivity contribution in [2.24, 2.45) is 0 Å². The molecule has 1 unspecified atom stereocenters. The normalized spacial score (nSPS) is 23.8. The number of anilines is 1. The van der Waals surface area contributed by atoms with Crippen LogP contribution in [0.25, 0.3) is 11.0 Å². The molecule has 0 radical (unpaired) electrons. The van der Waals surface area contributed by atoms with Gasteiger partial charge < -0.3 is 21.1 Å². The maximum Gasteiger partial charge on any atom is 0.151 e. The molecule has 6 heteroatoms. The summed E-state index contributed by atoms with van der Waals surface area (Å²) in [5, 5.41) is 12.5. The van der Waals surface area contributed by atoms with Crippen LogP contribution < -0.4 is 11.1 Å². The predicted molar refractivity (Wildman–Crippen MR) is 68.9 cm³/mol. The van der Waals surface area contributed by atoms with Gasteiger partial charge in [-0.3, -0.25) is 0 Å². The molecule has 3 heterocycles. The van der Waals surface area contributed by atoms with Crippen LogP contribution >= 0.6 is 0 Å². The van der Waals surface area contributed by atoms with Crippen molar-refractivity contribution in [3.8, 4) is 0 Å². The first-order valence-electron chi connectivity index (χ1n) is 6.24. The lowest BCUT2D eigenvalue weighted by Crippen LogP contribution is -2.25. The van der Waals surface area contributed by atoms with Crippen molar-refractivity contribution in [3.63, 3.8) is 0 Å². The van der Waals surface area contributed by atoms with Crippen LogP contribution in [-0.2, 0) is 0 Å². The molecule has 96 valence electrons. The number of nitrogens with zero attached hydrogens (tertiary/aromatic N) is 2. The van der Waals surface area contributed by atoms with Gasteiger partial charge >= 0.3 is 0 Å². The summed E-state index contributed by atoms with van der Waals surface area (Å²) in [4.78, 5) is 11.4. The number of nitrogens with one attached hydrogen (secondary N) is 2. The number of H-pyrrole nitrogens is 1. The van der Waals surface area contributed by atoms with Gasteiger partial charge in [0.1, 0.15) is 11.8 Å². The summed E-state index contributed by atoms with van der Waals surface area (Å²) in [6, 6.07) is 0.675. The second kappa shape index (κ2) is 4.55. The second-order valence-electron chi connectivity index (χ2n) is 4.73. The lowest BCUT2D eigenvalue weighted by molar-refractivity contribution is 0.269. The highest BCUT2D eigenvalue weighted by molar-refractivity contribution is 5.87. The van der Waals surface area contributed by atoms with Crippen LogP contribution in [0.3, 0.4) is 0 Å². The van der Waals surface area contributed by atoms with Gasteiger partial charge in [-0.25, -0.2) is 9.97 Å². The van der Waals surface area contributed by atoms with Crippen molar-refractivity contribution in [1.82, 2.24) is 20.3 Å². The summed E-state index contributed by atoms with van der Waals surface area (Å²) in [6.07, 6.45) is 6.39. The number of hydrogen-bond donors (Lipinski definition) is 4. The summed E-state index contributed by atoms with van der Waals surface area (Å²) in [5.41, 5.74) is 8.64. The molecule has 1 aliphatic heterocycles. The molecule has 0 aromatic carbocycles. The van der Waals surface area contributed by atoms with Gasteiger partial charge in [0.2, 0.25) is 0 Å². The first kappa shape index (κ1) is 11.4. The third kappa shape index (κ3) is 1.83. The number of aliphatic hydroxyl groups excluding tert-OH is 1. The molecule has 0 amide bonds. The summed E-state index contributed by atoms with van der Waals surface area (Å²) in [7, 11) is 0. The van der Waals surface area contributed by atoms with Crippen molar-refractivity contribution in [1.29, 1.82) is 0 Å². The van der Waals surface area contributed by atoms with Gasteiger partial charge in [0, 0.05) is 30.5 Å². The molecule has 0 bridgehead atoms. The van der Waals surface area contributed by atoms with E-state index in [9.17, 15) is 0 Å². The number of nitrogen functional groups attached to an aromatic ring is 1. The zero-order valence-electron chi connectivity index (χ0n) is 10.1. The Morgan fingerprint density at radius 2 is 2.28 bits per heavy atom. The summed E-state index contributed by atoms with van der Waals surface area (Å²) < 4.78 is 0. The predicted octanol–water partition coefficient (Wildman–Crippen LogP) is 0.716. The van der Waals surface area contributed by atoms with Crippen LogP contribution in [-0.4, -0.2) is 32.7 Å². The first-order valence-corrected chi connectivity index (χ1v) is 6.24. The third-order valence-corrected chi connectivity index (χ3v) is 3.62. The van der Waals surface area contributed by atoms with Crippen molar-refractivity contribution >= 4 is 16.9 Å². The van der Waals surface area contributed by atoms with Crippen LogP contribution in [0.4, 0.5) is 5.82 Å². The Balaban J connectivity index is 1.89. The number of aliphatic hydroxyl groups is 1. The molecule has 3 rings (SSSR count). The van der Waals surface area contributed by atoms with Gasteiger partial charge in [-0.05, 0) is 19.3 Å². The Hall–Kier alpha value is -1.66. The molecule has 6 nitrogen and oxygen atoms in total. The molecule has 2 atom stereocenters. The molecule has 2 aromatic heterocycles. The number of aromatic amines is 1. The van der Waals surface area contributed by atoms with E-state index in [4.69, 9.17) is 10.8 Å². The molecule has 0 spiro atoms. The Kier molecular flexibility index (Phi) is 2.89. The van der Waals surface area contributed by atoms with E-state index >= 15 is 0 Å². The molecule has 2 aromatic rings. The number of rotatable bonds is 3. The van der Waals surface area contributed by atoms with Crippen molar-refractivity contribution < 1.29 is 5.11 Å². The topological polar surface area (TPSA) is 99.8 Å². The van der Waals surface area contributed by atoms with E-state index in [-0.39, 0.29) is 12.6 Å². The van der Waals surface area contributed by atoms with E-state index < -0.39 is 0 Å². The van der Waals surface area contributed by atoms with Crippen molar-refractivity contribution in [3.05, 3.63) is 18.1 Å². The molecule has 1 aliphatic rings. The smallest absolute Gasteiger partial charge is 0.151 e. The van der Waals surface area contributed by atoms with E-state index in [0.29, 0.717) is 11.9 Å². The van der Waals surface area contributed by atoms with E-state index in [1.54, 1.807) is 0 Å². The molecule has 1 saturated heterocycles. The van der Waals surface area contributed by atoms with Gasteiger partial charge in [-0.15, -0.1) is 0 Å². The van der Waals surface area contributed by atoms with Crippen LogP contribution in [0.2, 0.25) is 0 Å². The van der Waals surface area contributed by atoms with Gasteiger partial charge in [-0.1, -0.05) is 0 Å². The van der Waals surface area contributed by atoms with Gasteiger partial charge in [0.15, 0.2) is 5.82 Å². The highest BCUT2D eigenvalue weighted by atomic mass is 16.3. The van der Waals surface area contributed by atoms with Gasteiger partial charge in [-0.2, -0.15) is 0 Å². The van der Waals surface area contributed by atoms with Crippen LogP contribution in [0.5, 0.6) is 0 Å². The average Bonchev–Trinajstić information content (AvgIpc) is 2.96. The monoisotopic (exact) mass is 247 g/mol. The van der Waals surface area contributed by atoms with Gasteiger partial charge in [0.25, 0.3) is 0 Å². The molecule has 0 saturated carbocycles. The number of nitrogens with two attached hydrogens (primary N) is 1. The summed E-state index contributed by atoms with van der Waals surface area (Å²) >= 11 is 0. The Morgan fingerprint density at radius 3 is 3.11 bits per heavy atom. The van der Waals surface area contributed by atoms with Crippen LogP contribution in [0.15, 0.2) is 12.5 Å². The fraction of sp³-hybridized carbons (Fsp3) is 0.500. The first-order chi connectivity index (χ1) is 8.79. The lowest BCUT2D eigenvalue weighted by Gasteiger charge is -2.12. The number of hydrogen-bond acceptors (Lipinski definition) is 5. The third-order valence-electron chi connectivity index (χ3n) is 3.62. The fourth-order valence-electron chi connectivity index (χ4n) is 2.69. The Labute approximate surface area is 105 Å². The molecule has 1 fully saturated rings. The SMILES string of the molecule is Nc1ncnc2c([C@H]3CCC(CCO)N3)c[nH]c12. The second-order valence-corrected chi connectivity index (χ2v) is 4.73. The van der Waals surface area contributed by atoms with E-state index in [1.807, 2.05) is 6.20 Å². The average molecular weight is 247 g/mol. The summed E-state index contributed by atoms with van der Waals surface area (Å²) in [6.45, 7) is 0.230. The number of fused-ring (bicyclic) bond motifs is 1. The molecule has 5 N–H and O–H groups in total. The zero-order valence-corrected chi connectivity index (χ0v) is 10.1. The van der Waals surface area contributed by atoms with Crippen molar-refractivity contribution in [2.75, 3.05) is 12.3 Å². The van der Waals surface area contributed by atoms with E-state index in [2.05, 4.69) is 20.3 Å². The zero-order chi connectivity index (χ0) is 12.5. The maximum absolute atomic E-state index is 8.97. The highest BCUT2D eigenvalue weighted by Gasteiger charge is 2.27. The standard InChI is InChI=1S/C12H17N5O/c13-12-11-10(15-6-16-12)8(5-14-11)9-2-1-7(17-9)3-4-18/h5-7,9,14,17-18H,1-4H2,(H2,13,15,16)/t7?,9-/m1/s1. The lowest BCUT2D eigenvalue weighted by atomic mass is 10.1. The minimum Gasteiger partial charge on any atom is -0.396 e. The Morgan fingerprint density at radius 1 is 1.39 bits per heavy atom. The van der Waals surface area contributed by atoms with Crippen LogP contribution in [0.1, 0.15) is 30.9 Å². The number of aromatic nitrogens is 3. The largest absolute Gasteiger partial charge is 0.396 e. The van der Waals surface area contributed by atoms with E-state index in [1.165, 1.54) is 6.33 Å².